The van der Waals surface area contributed by atoms with Crippen LogP contribution in [0.25, 0.3) is 0 Å². The Labute approximate surface area is 181 Å². The normalized spacial score (nSPS) is 19.2. The van der Waals surface area contributed by atoms with Gasteiger partial charge in [0.1, 0.15) is 6.54 Å². The number of benzene rings is 1. The minimum atomic E-state index is -0.969. The highest BCUT2D eigenvalue weighted by molar-refractivity contribution is 5.97. The van der Waals surface area contributed by atoms with Crippen LogP contribution in [0.2, 0.25) is 0 Å². The number of methoxy groups -OCH3 is 3. The Balaban J connectivity index is 1.93. The summed E-state index contributed by atoms with van der Waals surface area (Å²) in [5.74, 6) is -0.598. The number of ether oxygens (including phenoxy) is 5. The third kappa shape index (κ3) is 6.24. The highest BCUT2D eigenvalue weighted by Gasteiger charge is 2.30. The van der Waals surface area contributed by atoms with E-state index in [1.807, 2.05) is 13.8 Å². The van der Waals surface area contributed by atoms with Crippen LogP contribution < -0.4 is 19.5 Å². The quantitative estimate of drug-likeness (QED) is 0.599. The average Bonchev–Trinajstić information content (AvgIpc) is 2.74. The van der Waals surface area contributed by atoms with Crippen LogP contribution in [0.4, 0.5) is 0 Å². The third-order valence-electron chi connectivity index (χ3n) is 4.71. The second-order valence-electron chi connectivity index (χ2n) is 7.23. The lowest BCUT2D eigenvalue weighted by molar-refractivity contribution is -0.163. The lowest BCUT2D eigenvalue weighted by Gasteiger charge is -2.36. The van der Waals surface area contributed by atoms with E-state index in [1.165, 1.54) is 40.4 Å². The lowest BCUT2D eigenvalue weighted by atomic mass is 10.1. The number of rotatable bonds is 8. The predicted octanol–water partition coefficient (Wildman–Crippen LogP) is 1.01. The molecular weight excluding hydrogens is 408 g/mol. The number of morpholine rings is 1. The number of hydrogen-bond acceptors (Lipinski definition) is 8. The van der Waals surface area contributed by atoms with E-state index in [0.717, 1.165) is 0 Å². The van der Waals surface area contributed by atoms with Crippen LogP contribution in [0.5, 0.6) is 17.2 Å². The molecule has 0 radical (unpaired) electrons. The van der Waals surface area contributed by atoms with Gasteiger partial charge in [0, 0.05) is 18.7 Å². The molecule has 1 aromatic rings. The van der Waals surface area contributed by atoms with Crippen molar-refractivity contribution < 1.29 is 38.1 Å². The van der Waals surface area contributed by atoms with Gasteiger partial charge in [-0.1, -0.05) is 0 Å². The first-order valence-corrected chi connectivity index (χ1v) is 9.92. The van der Waals surface area contributed by atoms with Crippen LogP contribution in [0, 0.1) is 0 Å². The zero-order valence-corrected chi connectivity index (χ0v) is 18.7. The van der Waals surface area contributed by atoms with E-state index in [1.54, 1.807) is 4.90 Å². The Hall–Kier alpha value is -3.01. The Morgan fingerprint density at radius 1 is 1.06 bits per heavy atom. The molecule has 1 heterocycles. The number of esters is 1. The molecule has 172 valence electrons. The van der Waals surface area contributed by atoms with E-state index in [0.29, 0.717) is 30.3 Å². The van der Waals surface area contributed by atoms with Gasteiger partial charge in [-0.25, -0.2) is 0 Å². The Morgan fingerprint density at radius 2 is 1.61 bits per heavy atom. The molecule has 3 unspecified atom stereocenters. The maximum Gasteiger partial charge on any atom is 0.326 e. The summed E-state index contributed by atoms with van der Waals surface area (Å²) in [6.45, 7) is 5.73. The van der Waals surface area contributed by atoms with E-state index in [2.05, 4.69) is 5.32 Å². The van der Waals surface area contributed by atoms with E-state index in [-0.39, 0.29) is 23.7 Å². The molecule has 0 saturated carbocycles. The van der Waals surface area contributed by atoms with Gasteiger partial charge in [-0.2, -0.15) is 0 Å². The number of nitrogens with one attached hydrogen (secondary N) is 1. The van der Waals surface area contributed by atoms with Crippen molar-refractivity contribution in [2.75, 3.05) is 41.0 Å². The Kier molecular flexibility index (Phi) is 8.49. The van der Waals surface area contributed by atoms with Crippen molar-refractivity contribution >= 4 is 17.8 Å². The summed E-state index contributed by atoms with van der Waals surface area (Å²) in [7, 11) is 4.33. The summed E-state index contributed by atoms with van der Waals surface area (Å²) < 4.78 is 26.5. The van der Waals surface area contributed by atoms with Crippen LogP contribution >= 0.6 is 0 Å². The van der Waals surface area contributed by atoms with E-state index in [4.69, 9.17) is 23.7 Å². The van der Waals surface area contributed by atoms with E-state index in [9.17, 15) is 14.4 Å². The number of carbonyl (C=O) groups is 3. The minimum absolute atomic E-state index is 0.0895. The van der Waals surface area contributed by atoms with Crippen molar-refractivity contribution in [1.82, 2.24) is 10.2 Å². The van der Waals surface area contributed by atoms with Crippen LogP contribution in [0.15, 0.2) is 12.1 Å². The number of amides is 2. The van der Waals surface area contributed by atoms with E-state index >= 15 is 0 Å². The topological polar surface area (TPSA) is 113 Å². The standard InChI is InChI=1S/C21H30N2O8/c1-12-10-23(11-13(2)30-12)21(26)14(3)31-18(24)9-22-20(25)15-7-16(27-4)19(29-6)17(8-15)28-5/h7-8,12-14H,9-11H2,1-6H3,(H,22,25). The highest BCUT2D eigenvalue weighted by Crippen LogP contribution is 2.38. The fraction of sp³-hybridized carbons (Fsp3) is 0.571. The molecule has 0 aromatic heterocycles. The van der Waals surface area contributed by atoms with Gasteiger partial charge in [0.15, 0.2) is 17.6 Å². The molecule has 2 amide bonds. The summed E-state index contributed by atoms with van der Waals surface area (Å²) in [6.07, 6.45) is -1.15. The molecule has 2 rings (SSSR count). The second kappa shape index (κ2) is 10.9. The minimum Gasteiger partial charge on any atom is -0.493 e. The van der Waals surface area contributed by atoms with Crippen molar-refractivity contribution in [3.63, 3.8) is 0 Å². The maximum atomic E-state index is 12.6. The van der Waals surface area contributed by atoms with E-state index < -0.39 is 24.5 Å². The van der Waals surface area contributed by atoms with Crippen LogP contribution in [-0.4, -0.2) is 82.0 Å². The molecule has 10 nitrogen and oxygen atoms in total. The molecule has 1 N–H and O–H groups in total. The van der Waals surface area contributed by atoms with Gasteiger partial charge in [-0.3, -0.25) is 14.4 Å². The van der Waals surface area contributed by atoms with Crippen molar-refractivity contribution in [2.45, 2.75) is 39.1 Å². The van der Waals surface area contributed by atoms with Gasteiger partial charge in [0.05, 0.1) is 33.5 Å². The molecule has 1 saturated heterocycles. The molecule has 1 aromatic carbocycles. The van der Waals surface area contributed by atoms with Gasteiger partial charge >= 0.3 is 5.97 Å². The Morgan fingerprint density at radius 3 is 2.10 bits per heavy atom. The molecule has 1 aliphatic heterocycles. The number of nitrogens with zero attached hydrogens (tertiary/aromatic N) is 1. The third-order valence-corrected chi connectivity index (χ3v) is 4.71. The molecule has 1 aliphatic rings. The molecule has 1 fully saturated rings. The molecule has 31 heavy (non-hydrogen) atoms. The van der Waals surface area contributed by atoms with Crippen LogP contribution in [-0.2, 0) is 19.1 Å². The molecule has 0 bridgehead atoms. The highest BCUT2D eigenvalue weighted by atomic mass is 16.6. The summed E-state index contributed by atoms with van der Waals surface area (Å²) >= 11 is 0. The first kappa shape index (κ1) is 24.3. The van der Waals surface area contributed by atoms with Crippen LogP contribution in [0.3, 0.4) is 0 Å². The average molecular weight is 438 g/mol. The van der Waals surface area contributed by atoms with Gasteiger partial charge in [-0.05, 0) is 32.9 Å². The fourth-order valence-corrected chi connectivity index (χ4v) is 3.37. The SMILES string of the molecule is COc1cc(C(=O)NCC(=O)OC(C)C(=O)N2CC(C)OC(C)C2)cc(OC)c1OC. The zero-order chi connectivity index (χ0) is 23.1. The fourth-order valence-electron chi connectivity index (χ4n) is 3.37. The maximum absolute atomic E-state index is 12.6. The number of carbonyl (C=O) groups excluding carboxylic acids is 3. The Bertz CT molecular complexity index is 778. The second-order valence-corrected chi connectivity index (χ2v) is 7.23. The monoisotopic (exact) mass is 438 g/mol. The molecule has 3 atom stereocenters. The van der Waals surface area contributed by atoms with Gasteiger partial charge in [0.2, 0.25) is 5.75 Å². The van der Waals surface area contributed by atoms with Crippen LogP contribution in [0.1, 0.15) is 31.1 Å². The first-order chi connectivity index (χ1) is 14.7. The van der Waals surface area contributed by atoms with Gasteiger partial charge in [0.25, 0.3) is 11.8 Å². The van der Waals surface area contributed by atoms with Crippen molar-refractivity contribution in [1.29, 1.82) is 0 Å². The predicted molar refractivity (Wildman–Crippen MR) is 111 cm³/mol. The van der Waals surface area contributed by atoms with Crippen molar-refractivity contribution in [3.05, 3.63) is 17.7 Å². The van der Waals surface area contributed by atoms with Crippen molar-refractivity contribution in [2.24, 2.45) is 0 Å². The lowest BCUT2D eigenvalue weighted by Crippen LogP contribution is -2.51. The largest absolute Gasteiger partial charge is 0.493 e. The van der Waals surface area contributed by atoms with Crippen molar-refractivity contribution in [3.8, 4) is 17.2 Å². The number of hydrogen-bond donors (Lipinski definition) is 1. The summed E-state index contributed by atoms with van der Waals surface area (Å²) in [5.41, 5.74) is 0.211. The van der Waals surface area contributed by atoms with Gasteiger partial charge < -0.3 is 33.9 Å². The molecular formula is C21H30N2O8. The summed E-state index contributed by atoms with van der Waals surface area (Å²) in [4.78, 5) is 38.8. The first-order valence-electron chi connectivity index (χ1n) is 9.92. The molecule has 0 aliphatic carbocycles. The van der Waals surface area contributed by atoms with Gasteiger partial charge in [-0.15, -0.1) is 0 Å². The molecule has 10 heteroatoms. The molecule has 0 spiro atoms. The zero-order valence-electron chi connectivity index (χ0n) is 18.7. The summed E-state index contributed by atoms with van der Waals surface area (Å²) in [5, 5.41) is 2.47. The summed E-state index contributed by atoms with van der Waals surface area (Å²) in [6, 6.07) is 2.93. The smallest absolute Gasteiger partial charge is 0.326 e.